The summed E-state index contributed by atoms with van der Waals surface area (Å²) in [6.07, 6.45) is 4.08. The Hall–Kier alpha value is -2.73. The number of nitrogens with zero attached hydrogens (tertiary/aromatic N) is 2. The molecule has 1 aliphatic rings. The van der Waals surface area contributed by atoms with Crippen LogP contribution in [0.3, 0.4) is 0 Å². The number of carbonyl (C=O) groups is 2. The van der Waals surface area contributed by atoms with Crippen LogP contribution in [-0.4, -0.2) is 47.9 Å². The van der Waals surface area contributed by atoms with Crippen molar-refractivity contribution >= 4 is 11.8 Å². The Bertz CT molecular complexity index is 728. The maximum Gasteiger partial charge on any atom is 0.253 e. The highest BCUT2D eigenvalue weighted by Crippen LogP contribution is 2.19. The van der Waals surface area contributed by atoms with Gasteiger partial charge in [-0.25, -0.2) is 0 Å². The van der Waals surface area contributed by atoms with E-state index in [9.17, 15) is 9.59 Å². The number of rotatable bonds is 5. The molecule has 3 rings (SSSR count). The summed E-state index contributed by atoms with van der Waals surface area (Å²) in [7, 11) is 1.53. The van der Waals surface area contributed by atoms with Gasteiger partial charge in [0.25, 0.3) is 11.8 Å². The Labute approximate surface area is 153 Å². The number of carbonyl (C=O) groups excluding carboxylic acids is 2. The van der Waals surface area contributed by atoms with Gasteiger partial charge in [0.15, 0.2) is 6.10 Å². The van der Waals surface area contributed by atoms with Crippen molar-refractivity contribution in [1.82, 2.24) is 15.2 Å². The predicted molar refractivity (Wildman–Crippen MR) is 97.5 cm³/mol. The maximum absolute atomic E-state index is 12.6. The van der Waals surface area contributed by atoms with Gasteiger partial charge in [0.1, 0.15) is 0 Å². The van der Waals surface area contributed by atoms with Crippen LogP contribution in [0.15, 0.2) is 54.9 Å². The van der Waals surface area contributed by atoms with Crippen LogP contribution >= 0.6 is 0 Å². The van der Waals surface area contributed by atoms with E-state index in [2.05, 4.69) is 10.3 Å². The molecule has 2 heterocycles. The summed E-state index contributed by atoms with van der Waals surface area (Å²) >= 11 is 0. The molecule has 1 fully saturated rings. The fourth-order valence-electron chi connectivity index (χ4n) is 3.20. The summed E-state index contributed by atoms with van der Waals surface area (Å²) in [4.78, 5) is 30.8. The molecule has 1 aromatic carbocycles. The average molecular weight is 353 g/mol. The van der Waals surface area contributed by atoms with Crippen molar-refractivity contribution in [3.05, 3.63) is 66.0 Å². The molecule has 0 spiro atoms. The fraction of sp³-hybridized carbons (Fsp3) is 0.350. The van der Waals surface area contributed by atoms with E-state index in [4.69, 9.17) is 4.74 Å². The van der Waals surface area contributed by atoms with Gasteiger partial charge in [-0.1, -0.05) is 30.3 Å². The van der Waals surface area contributed by atoms with Gasteiger partial charge in [-0.05, 0) is 30.5 Å². The van der Waals surface area contributed by atoms with E-state index in [-0.39, 0.29) is 17.9 Å². The first-order valence-electron chi connectivity index (χ1n) is 8.76. The molecule has 136 valence electrons. The summed E-state index contributed by atoms with van der Waals surface area (Å²) < 4.78 is 5.37. The van der Waals surface area contributed by atoms with Gasteiger partial charge in [-0.2, -0.15) is 0 Å². The smallest absolute Gasteiger partial charge is 0.253 e. The average Bonchev–Trinajstić information content (AvgIpc) is 2.70. The number of amides is 2. The minimum absolute atomic E-state index is 0.0104. The topological polar surface area (TPSA) is 71.5 Å². The normalized spacial score (nSPS) is 16.1. The minimum Gasteiger partial charge on any atom is -0.367 e. The van der Waals surface area contributed by atoms with Crippen LogP contribution < -0.4 is 5.32 Å². The largest absolute Gasteiger partial charge is 0.367 e. The standard InChI is InChI=1S/C20H23N3O3/c1-26-18(15-5-3-2-4-6-15)19(24)22-17-9-13-23(14-10-17)20(25)16-7-11-21-12-8-16/h2-8,11-12,17-18H,9-10,13-14H2,1H3,(H,22,24). The lowest BCUT2D eigenvalue weighted by molar-refractivity contribution is -0.132. The molecule has 1 unspecified atom stereocenters. The highest BCUT2D eigenvalue weighted by atomic mass is 16.5. The van der Waals surface area contributed by atoms with Crippen LogP contribution in [0.5, 0.6) is 0 Å². The van der Waals surface area contributed by atoms with Crippen molar-refractivity contribution in [1.29, 1.82) is 0 Å². The van der Waals surface area contributed by atoms with E-state index in [0.29, 0.717) is 18.7 Å². The highest BCUT2D eigenvalue weighted by molar-refractivity contribution is 5.94. The van der Waals surface area contributed by atoms with Crippen molar-refractivity contribution in [2.24, 2.45) is 0 Å². The number of ether oxygens (including phenoxy) is 1. The van der Waals surface area contributed by atoms with Crippen LogP contribution in [0.1, 0.15) is 34.9 Å². The van der Waals surface area contributed by atoms with Crippen LogP contribution in [0.2, 0.25) is 0 Å². The van der Waals surface area contributed by atoms with E-state index >= 15 is 0 Å². The Balaban J connectivity index is 1.53. The molecular weight excluding hydrogens is 330 g/mol. The first-order valence-corrected chi connectivity index (χ1v) is 8.76. The summed E-state index contributed by atoms with van der Waals surface area (Å²) in [6.45, 7) is 1.24. The van der Waals surface area contributed by atoms with Crippen LogP contribution in [-0.2, 0) is 9.53 Å². The quantitative estimate of drug-likeness (QED) is 0.894. The monoisotopic (exact) mass is 353 g/mol. The number of hydrogen-bond donors (Lipinski definition) is 1. The molecule has 6 nitrogen and oxygen atoms in total. The van der Waals surface area contributed by atoms with Gasteiger partial charge in [0, 0.05) is 44.2 Å². The summed E-state index contributed by atoms with van der Waals surface area (Å²) in [5, 5.41) is 3.06. The number of benzene rings is 1. The van der Waals surface area contributed by atoms with Gasteiger partial charge < -0.3 is 15.0 Å². The third kappa shape index (κ3) is 4.26. The summed E-state index contributed by atoms with van der Waals surface area (Å²) in [5.41, 5.74) is 1.48. The molecule has 0 saturated carbocycles. The van der Waals surface area contributed by atoms with Crippen molar-refractivity contribution in [3.8, 4) is 0 Å². The van der Waals surface area contributed by atoms with Gasteiger partial charge >= 0.3 is 0 Å². The zero-order valence-electron chi connectivity index (χ0n) is 14.8. The Morgan fingerprint density at radius 3 is 2.38 bits per heavy atom. The molecule has 0 bridgehead atoms. The first-order chi connectivity index (χ1) is 12.7. The van der Waals surface area contributed by atoms with Crippen LogP contribution in [0.25, 0.3) is 0 Å². The lowest BCUT2D eigenvalue weighted by Gasteiger charge is -2.33. The van der Waals surface area contributed by atoms with Gasteiger partial charge in [-0.15, -0.1) is 0 Å². The van der Waals surface area contributed by atoms with Gasteiger partial charge in [0.05, 0.1) is 0 Å². The fourth-order valence-corrected chi connectivity index (χ4v) is 3.20. The van der Waals surface area contributed by atoms with Crippen molar-refractivity contribution in [3.63, 3.8) is 0 Å². The van der Waals surface area contributed by atoms with E-state index in [0.717, 1.165) is 18.4 Å². The van der Waals surface area contributed by atoms with Crippen molar-refractivity contribution < 1.29 is 14.3 Å². The number of pyridine rings is 1. The molecular formula is C20H23N3O3. The third-order valence-corrected chi connectivity index (χ3v) is 4.63. The SMILES string of the molecule is COC(C(=O)NC1CCN(C(=O)c2ccncc2)CC1)c1ccccc1. The van der Waals surface area contributed by atoms with E-state index in [1.807, 2.05) is 35.2 Å². The molecule has 1 N–H and O–H groups in total. The molecule has 0 radical (unpaired) electrons. The second-order valence-electron chi connectivity index (χ2n) is 6.34. The van der Waals surface area contributed by atoms with E-state index < -0.39 is 6.10 Å². The van der Waals surface area contributed by atoms with Crippen LogP contribution in [0.4, 0.5) is 0 Å². The third-order valence-electron chi connectivity index (χ3n) is 4.63. The highest BCUT2D eigenvalue weighted by Gasteiger charge is 2.27. The summed E-state index contributed by atoms with van der Waals surface area (Å²) in [6, 6.07) is 12.9. The molecule has 26 heavy (non-hydrogen) atoms. The number of likely N-dealkylation sites (tertiary alicyclic amines) is 1. The van der Waals surface area contributed by atoms with E-state index in [1.165, 1.54) is 7.11 Å². The summed E-state index contributed by atoms with van der Waals surface area (Å²) in [5.74, 6) is -0.131. The molecule has 6 heteroatoms. The second-order valence-corrected chi connectivity index (χ2v) is 6.34. The number of aromatic nitrogens is 1. The van der Waals surface area contributed by atoms with Crippen molar-refractivity contribution in [2.45, 2.75) is 25.0 Å². The number of hydrogen-bond acceptors (Lipinski definition) is 4. The lowest BCUT2D eigenvalue weighted by atomic mass is 10.0. The molecule has 1 atom stereocenters. The Morgan fingerprint density at radius 1 is 1.12 bits per heavy atom. The van der Waals surface area contributed by atoms with Crippen molar-refractivity contribution in [2.75, 3.05) is 20.2 Å². The molecule has 1 aliphatic heterocycles. The van der Waals surface area contributed by atoms with E-state index in [1.54, 1.807) is 24.5 Å². The Kier molecular flexibility index (Phi) is 5.96. The number of piperidine rings is 1. The molecule has 0 aliphatic carbocycles. The molecule has 2 amide bonds. The number of nitrogens with one attached hydrogen (secondary N) is 1. The number of methoxy groups -OCH3 is 1. The first kappa shape index (κ1) is 18.1. The minimum atomic E-state index is -0.618. The Morgan fingerprint density at radius 2 is 1.77 bits per heavy atom. The van der Waals surface area contributed by atoms with Gasteiger partial charge in [-0.3, -0.25) is 14.6 Å². The molecule has 2 aromatic rings. The zero-order valence-corrected chi connectivity index (χ0v) is 14.8. The van der Waals surface area contributed by atoms with Crippen LogP contribution in [0, 0.1) is 0 Å². The predicted octanol–water partition coefficient (Wildman–Crippen LogP) is 2.19. The second kappa shape index (κ2) is 8.58. The maximum atomic E-state index is 12.6. The molecule has 1 aromatic heterocycles. The molecule has 1 saturated heterocycles. The lowest BCUT2D eigenvalue weighted by Crippen LogP contribution is -2.47. The zero-order chi connectivity index (χ0) is 18.4. The van der Waals surface area contributed by atoms with Gasteiger partial charge in [0.2, 0.25) is 0 Å².